The number of imidazole rings is 1. The first kappa shape index (κ1) is 19.2. The number of amides is 1. The van der Waals surface area contributed by atoms with Gasteiger partial charge in [-0.25, -0.2) is 4.98 Å². The summed E-state index contributed by atoms with van der Waals surface area (Å²) in [5.41, 5.74) is 3.54. The van der Waals surface area contributed by atoms with Gasteiger partial charge in [0.1, 0.15) is 11.9 Å². The molecule has 150 valence electrons. The Morgan fingerprint density at radius 1 is 1.24 bits per heavy atom. The van der Waals surface area contributed by atoms with Gasteiger partial charge in [0.05, 0.1) is 32.3 Å². The van der Waals surface area contributed by atoms with Crippen LogP contribution in [0.15, 0.2) is 60.9 Å². The highest BCUT2D eigenvalue weighted by Gasteiger charge is 2.26. The van der Waals surface area contributed by atoms with Gasteiger partial charge in [-0.2, -0.15) is 0 Å². The lowest BCUT2D eigenvalue weighted by atomic mass is 10.0. The van der Waals surface area contributed by atoms with Gasteiger partial charge in [-0.1, -0.05) is 49.4 Å². The zero-order chi connectivity index (χ0) is 20.2. The summed E-state index contributed by atoms with van der Waals surface area (Å²) >= 11 is 0. The van der Waals surface area contributed by atoms with E-state index in [0.717, 1.165) is 17.0 Å². The molecule has 6 nitrogen and oxygen atoms in total. The van der Waals surface area contributed by atoms with Gasteiger partial charge in [0.2, 0.25) is 0 Å². The summed E-state index contributed by atoms with van der Waals surface area (Å²) in [7, 11) is 1.65. The number of ether oxygens (including phenoxy) is 2. The van der Waals surface area contributed by atoms with Crippen LogP contribution < -0.4 is 10.1 Å². The van der Waals surface area contributed by atoms with E-state index in [4.69, 9.17) is 9.47 Å². The smallest absolute Gasteiger partial charge is 0.271 e. The molecule has 1 aliphatic rings. The minimum atomic E-state index is -0.159. The van der Waals surface area contributed by atoms with Gasteiger partial charge in [0, 0.05) is 6.54 Å². The first-order chi connectivity index (χ1) is 14.2. The summed E-state index contributed by atoms with van der Waals surface area (Å²) in [5, 5.41) is 3.00. The van der Waals surface area contributed by atoms with E-state index >= 15 is 0 Å². The molecule has 3 aromatic rings. The Morgan fingerprint density at radius 3 is 2.72 bits per heavy atom. The minimum absolute atomic E-state index is 0.0726. The number of benzene rings is 2. The number of carbonyl (C=O) groups is 1. The van der Waals surface area contributed by atoms with Crippen molar-refractivity contribution in [3.05, 3.63) is 83.4 Å². The second kappa shape index (κ2) is 8.49. The van der Waals surface area contributed by atoms with E-state index < -0.39 is 0 Å². The highest BCUT2D eigenvalue weighted by atomic mass is 16.5. The van der Waals surface area contributed by atoms with E-state index in [2.05, 4.69) is 29.4 Å². The summed E-state index contributed by atoms with van der Waals surface area (Å²) in [6.07, 6.45) is 1.65. The normalized spacial score (nSPS) is 16.7. The maximum absolute atomic E-state index is 12.7. The maximum atomic E-state index is 12.7. The molecule has 0 bridgehead atoms. The van der Waals surface area contributed by atoms with Crippen LogP contribution in [0.3, 0.4) is 0 Å². The molecular formula is C23H25N3O3. The van der Waals surface area contributed by atoms with Crippen molar-refractivity contribution in [2.24, 2.45) is 0 Å². The average molecular weight is 391 g/mol. The Morgan fingerprint density at radius 2 is 2.00 bits per heavy atom. The Kier molecular flexibility index (Phi) is 5.62. The molecule has 0 radical (unpaired) electrons. The molecule has 0 spiro atoms. The third kappa shape index (κ3) is 4.17. The number of carbonyl (C=O) groups excluding carboxylic acids is 1. The van der Waals surface area contributed by atoms with Crippen LogP contribution in [0.4, 0.5) is 0 Å². The molecule has 0 aliphatic carbocycles. The van der Waals surface area contributed by atoms with Crippen LogP contribution in [0, 0.1) is 0 Å². The van der Waals surface area contributed by atoms with Gasteiger partial charge >= 0.3 is 0 Å². The van der Waals surface area contributed by atoms with E-state index in [0.29, 0.717) is 25.4 Å². The van der Waals surface area contributed by atoms with Gasteiger partial charge in [0.15, 0.2) is 5.69 Å². The van der Waals surface area contributed by atoms with Gasteiger partial charge < -0.3 is 19.4 Å². The van der Waals surface area contributed by atoms with Crippen LogP contribution >= 0.6 is 0 Å². The van der Waals surface area contributed by atoms with Crippen molar-refractivity contribution in [3.63, 3.8) is 0 Å². The second-order valence-electron chi connectivity index (χ2n) is 7.29. The third-order valence-electron chi connectivity index (χ3n) is 5.37. The number of fused-ring (bicyclic) bond motifs is 1. The second-order valence-corrected chi connectivity index (χ2v) is 7.29. The molecule has 0 fully saturated rings. The summed E-state index contributed by atoms with van der Waals surface area (Å²) in [4.78, 5) is 17.0. The summed E-state index contributed by atoms with van der Waals surface area (Å²) in [6, 6.07) is 18.0. The predicted molar refractivity (Wildman–Crippen MR) is 110 cm³/mol. The van der Waals surface area contributed by atoms with Crippen molar-refractivity contribution >= 4 is 5.91 Å². The Balaban J connectivity index is 1.40. The fraction of sp³-hybridized carbons (Fsp3) is 0.304. The first-order valence-electron chi connectivity index (χ1n) is 9.78. The molecule has 6 heteroatoms. The standard InChI is InChI=1S/C23H25N3O3/c1-16(17-6-4-3-5-7-17)12-24-23(27)22-20-14-29-21(13-26(20)15-25-22)18-8-10-19(28-2)11-9-18/h3-11,15-16,21H,12-14H2,1-2H3,(H,24,27)/t16-,21+/m0/s1. The van der Waals surface area contributed by atoms with Gasteiger partial charge in [-0.05, 0) is 29.2 Å². The van der Waals surface area contributed by atoms with Crippen molar-refractivity contribution in [1.29, 1.82) is 0 Å². The molecule has 29 heavy (non-hydrogen) atoms. The molecule has 0 unspecified atom stereocenters. The molecule has 1 aromatic heterocycles. The number of aromatic nitrogens is 2. The van der Waals surface area contributed by atoms with Crippen molar-refractivity contribution in [2.75, 3.05) is 13.7 Å². The Bertz CT molecular complexity index is 967. The minimum Gasteiger partial charge on any atom is -0.497 e. The van der Waals surface area contributed by atoms with E-state index in [-0.39, 0.29) is 17.9 Å². The molecule has 4 rings (SSSR count). The highest BCUT2D eigenvalue weighted by molar-refractivity contribution is 5.93. The number of nitrogens with one attached hydrogen (secondary N) is 1. The summed E-state index contributed by atoms with van der Waals surface area (Å²) < 4.78 is 13.2. The Hall–Kier alpha value is -3.12. The maximum Gasteiger partial charge on any atom is 0.271 e. The van der Waals surface area contributed by atoms with E-state index in [1.165, 1.54) is 5.56 Å². The number of hydrogen-bond donors (Lipinski definition) is 1. The van der Waals surface area contributed by atoms with Crippen LogP contribution in [0.1, 0.15) is 46.3 Å². The third-order valence-corrected chi connectivity index (χ3v) is 5.37. The van der Waals surface area contributed by atoms with Crippen LogP contribution in [0.5, 0.6) is 5.75 Å². The van der Waals surface area contributed by atoms with E-state index in [1.54, 1.807) is 13.4 Å². The van der Waals surface area contributed by atoms with Crippen LogP contribution in [-0.2, 0) is 17.9 Å². The molecule has 1 aliphatic heterocycles. The summed E-state index contributed by atoms with van der Waals surface area (Å²) in [5.74, 6) is 0.888. The molecular weight excluding hydrogens is 366 g/mol. The lowest BCUT2D eigenvalue weighted by molar-refractivity contribution is 0.00255. The molecule has 2 heterocycles. The van der Waals surface area contributed by atoms with Crippen LogP contribution in [0.25, 0.3) is 0 Å². The molecule has 0 saturated heterocycles. The van der Waals surface area contributed by atoms with Crippen molar-refractivity contribution in [3.8, 4) is 5.75 Å². The van der Waals surface area contributed by atoms with Gasteiger partial charge in [-0.3, -0.25) is 4.79 Å². The predicted octanol–water partition coefficient (Wildman–Crippen LogP) is 3.70. The molecule has 0 saturated carbocycles. The van der Waals surface area contributed by atoms with Crippen molar-refractivity contribution in [1.82, 2.24) is 14.9 Å². The largest absolute Gasteiger partial charge is 0.497 e. The fourth-order valence-electron chi connectivity index (χ4n) is 3.57. The first-order valence-corrected chi connectivity index (χ1v) is 9.78. The monoisotopic (exact) mass is 391 g/mol. The van der Waals surface area contributed by atoms with Crippen LogP contribution in [0.2, 0.25) is 0 Å². The number of rotatable bonds is 6. The quantitative estimate of drug-likeness (QED) is 0.696. The number of nitrogens with zero attached hydrogens (tertiary/aromatic N) is 2. The van der Waals surface area contributed by atoms with Crippen molar-refractivity contribution in [2.45, 2.75) is 32.1 Å². The molecule has 1 N–H and O–H groups in total. The van der Waals surface area contributed by atoms with E-state index in [9.17, 15) is 4.79 Å². The summed E-state index contributed by atoms with van der Waals surface area (Å²) in [6.45, 7) is 3.64. The lowest BCUT2D eigenvalue weighted by Gasteiger charge is -2.25. The zero-order valence-corrected chi connectivity index (χ0v) is 16.7. The topological polar surface area (TPSA) is 65.4 Å². The van der Waals surface area contributed by atoms with Gasteiger partial charge in [-0.15, -0.1) is 0 Å². The van der Waals surface area contributed by atoms with Crippen molar-refractivity contribution < 1.29 is 14.3 Å². The number of methoxy groups -OCH3 is 1. The molecule has 1 amide bonds. The average Bonchev–Trinajstić information content (AvgIpc) is 3.21. The molecule has 2 aromatic carbocycles. The zero-order valence-electron chi connectivity index (χ0n) is 16.7. The van der Waals surface area contributed by atoms with Crippen LogP contribution in [-0.4, -0.2) is 29.1 Å². The Labute approximate surface area is 170 Å². The fourth-order valence-corrected chi connectivity index (χ4v) is 3.57. The SMILES string of the molecule is COc1ccc([C@H]2Cn3cnc(C(=O)NC[C@H](C)c4ccccc4)c3CO2)cc1. The lowest BCUT2D eigenvalue weighted by Crippen LogP contribution is -2.30. The van der Waals surface area contributed by atoms with E-state index in [1.807, 2.05) is 47.0 Å². The van der Waals surface area contributed by atoms with Gasteiger partial charge in [0.25, 0.3) is 5.91 Å². The number of hydrogen-bond acceptors (Lipinski definition) is 4. The highest BCUT2D eigenvalue weighted by Crippen LogP contribution is 2.29. The molecule has 2 atom stereocenters.